The first-order valence-electron chi connectivity index (χ1n) is 9.29. The fourth-order valence-electron chi connectivity index (χ4n) is 3.05. The highest BCUT2D eigenvalue weighted by molar-refractivity contribution is 5.79. The largest absolute Gasteiger partial charge is 0.379 e. The summed E-state index contributed by atoms with van der Waals surface area (Å²) in [6.07, 6.45) is 0. The number of benzene rings is 1. The number of aryl methyl sites for hydroxylation is 1. The lowest BCUT2D eigenvalue weighted by molar-refractivity contribution is 0.0389. The summed E-state index contributed by atoms with van der Waals surface area (Å²) in [6, 6.07) is 8.54. The molecule has 2 rings (SSSR count). The molecular formula is C19H33N5O. The van der Waals surface area contributed by atoms with Crippen molar-refractivity contribution in [2.45, 2.75) is 13.8 Å². The molecule has 0 aromatic heterocycles. The maximum absolute atomic E-state index is 5.38. The van der Waals surface area contributed by atoms with Gasteiger partial charge in [0.2, 0.25) is 0 Å². The van der Waals surface area contributed by atoms with Crippen LogP contribution in [0.1, 0.15) is 12.5 Å². The van der Waals surface area contributed by atoms with E-state index in [0.717, 1.165) is 65.0 Å². The Hall–Kier alpha value is -1.79. The molecule has 1 saturated heterocycles. The van der Waals surface area contributed by atoms with Crippen LogP contribution in [0, 0.1) is 6.92 Å². The minimum atomic E-state index is 0.846. The molecule has 0 amide bonds. The Bertz CT molecular complexity index is 528. The Kier molecular flexibility index (Phi) is 8.55. The predicted molar refractivity (Wildman–Crippen MR) is 106 cm³/mol. The summed E-state index contributed by atoms with van der Waals surface area (Å²) in [5.74, 6) is 0.870. The van der Waals surface area contributed by atoms with Crippen LogP contribution >= 0.6 is 0 Å². The lowest BCUT2D eigenvalue weighted by Gasteiger charge is -2.27. The van der Waals surface area contributed by atoms with Gasteiger partial charge < -0.3 is 20.3 Å². The molecule has 1 heterocycles. The van der Waals surface area contributed by atoms with Crippen LogP contribution in [-0.4, -0.2) is 76.9 Å². The van der Waals surface area contributed by atoms with E-state index in [1.807, 2.05) is 7.05 Å². The number of aliphatic imine (C=N–C) groups is 1. The molecule has 1 aromatic rings. The molecule has 1 aromatic carbocycles. The molecular weight excluding hydrogens is 314 g/mol. The molecule has 1 fully saturated rings. The topological polar surface area (TPSA) is 52.1 Å². The average molecular weight is 348 g/mol. The van der Waals surface area contributed by atoms with Crippen LogP contribution in [0.4, 0.5) is 5.69 Å². The molecule has 0 bridgehead atoms. The Morgan fingerprint density at radius 3 is 2.60 bits per heavy atom. The van der Waals surface area contributed by atoms with Gasteiger partial charge in [0.15, 0.2) is 5.96 Å². The molecule has 0 spiro atoms. The summed E-state index contributed by atoms with van der Waals surface area (Å²) in [6.45, 7) is 12.8. The fourth-order valence-corrected chi connectivity index (χ4v) is 3.05. The first-order valence-corrected chi connectivity index (χ1v) is 9.29. The first-order chi connectivity index (χ1) is 12.2. The zero-order valence-corrected chi connectivity index (χ0v) is 15.9. The molecule has 6 heteroatoms. The number of para-hydroxylation sites is 1. The standard InChI is InChI=1S/C19H33N5O/c1-4-24(18-8-6-5-7-17(18)2)12-10-22-19(20-3)21-9-11-23-13-15-25-16-14-23/h5-8H,4,9-16H2,1-3H3,(H2,20,21,22). The normalized spacial score (nSPS) is 15.9. The second kappa shape index (κ2) is 10.9. The lowest BCUT2D eigenvalue weighted by Crippen LogP contribution is -2.45. The monoisotopic (exact) mass is 347 g/mol. The van der Waals surface area contributed by atoms with E-state index in [-0.39, 0.29) is 0 Å². The van der Waals surface area contributed by atoms with Crippen molar-refractivity contribution >= 4 is 11.6 Å². The van der Waals surface area contributed by atoms with Gasteiger partial charge >= 0.3 is 0 Å². The molecule has 0 aliphatic carbocycles. The van der Waals surface area contributed by atoms with E-state index >= 15 is 0 Å². The number of hydrogen-bond donors (Lipinski definition) is 2. The smallest absolute Gasteiger partial charge is 0.191 e. The number of nitrogens with one attached hydrogen (secondary N) is 2. The van der Waals surface area contributed by atoms with Gasteiger partial charge in [0.1, 0.15) is 0 Å². The number of ether oxygens (including phenoxy) is 1. The van der Waals surface area contributed by atoms with Crippen LogP contribution in [0.5, 0.6) is 0 Å². The van der Waals surface area contributed by atoms with Gasteiger partial charge in [0.25, 0.3) is 0 Å². The van der Waals surface area contributed by atoms with Crippen molar-refractivity contribution < 1.29 is 4.74 Å². The van der Waals surface area contributed by atoms with Crippen LogP contribution in [0.3, 0.4) is 0 Å². The quantitative estimate of drug-likeness (QED) is 0.549. The third-order valence-corrected chi connectivity index (χ3v) is 4.56. The maximum atomic E-state index is 5.38. The van der Waals surface area contributed by atoms with E-state index in [1.165, 1.54) is 11.3 Å². The van der Waals surface area contributed by atoms with Crippen LogP contribution in [0.2, 0.25) is 0 Å². The summed E-state index contributed by atoms with van der Waals surface area (Å²) >= 11 is 0. The number of hydrogen-bond acceptors (Lipinski definition) is 4. The van der Waals surface area contributed by atoms with E-state index in [2.05, 4.69) is 63.5 Å². The Morgan fingerprint density at radius 1 is 1.20 bits per heavy atom. The highest BCUT2D eigenvalue weighted by Crippen LogP contribution is 2.18. The van der Waals surface area contributed by atoms with E-state index in [9.17, 15) is 0 Å². The highest BCUT2D eigenvalue weighted by Gasteiger charge is 2.10. The van der Waals surface area contributed by atoms with Crippen molar-refractivity contribution in [1.82, 2.24) is 15.5 Å². The Labute approximate surface area is 152 Å². The third-order valence-electron chi connectivity index (χ3n) is 4.56. The third kappa shape index (κ3) is 6.55. The van der Waals surface area contributed by atoms with E-state index in [1.54, 1.807) is 0 Å². The number of morpholine rings is 1. The van der Waals surface area contributed by atoms with Crippen LogP contribution in [-0.2, 0) is 4.74 Å². The van der Waals surface area contributed by atoms with Crippen LogP contribution < -0.4 is 15.5 Å². The molecule has 6 nitrogen and oxygen atoms in total. The summed E-state index contributed by atoms with van der Waals surface area (Å²) in [4.78, 5) is 9.13. The van der Waals surface area contributed by atoms with E-state index in [0.29, 0.717) is 0 Å². The zero-order chi connectivity index (χ0) is 17.9. The zero-order valence-electron chi connectivity index (χ0n) is 15.9. The molecule has 2 N–H and O–H groups in total. The van der Waals surface area contributed by atoms with Crippen molar-refractivity contribution in [2.24, 2.45) is 4.99 Å². The molecule has 0 unspecified atom stereocenters. The Balaban J connectivity index is 1.70. The minimum absolute atomic E-state index is 0.846. The van der Waals surface area contributed by atoms with Gasteiger partial charge in [0, 0.05) is 58.5 Å². The predicted octanol–water partition coefficient (Wildman–Crippen LogP) is 1.32. The van der Waals surface area contributed by atoms with Gasteiger partial charge in [-0.1, -0.05) is 18.2 Å². The van der Waals surface area contributed by atoms with Crippen molar-refractivity contribution in [3.63, 3.8) is 0 Å². The van der Waals surface area contributed by atoms with Crippen LogP contribution in [0.15, 0.2) is 29.3 Å². The van der Waals surface area contributed by atoms with Gasteiger partial charge in [-0.3, -0.25) is 9.89 Å². The highest BCUT2D eigenvalue weighted by atomic mass is 16.5. The number of anilines is 1. The second-order valence-corrected chi connectivity index (χ2v) is 6.25. The molecule has 0 saturated carbocycles. The molecule has 1 aliphatic rings. The summed E-state index contributed by atoms with van der Waals surface area (Å²) in [5, 5.41) is 6.81. The second-order valence-electron chi connectivity index (χ2n) is 6.25. The van der Waals surface area contributed by atoms with Crippen LogP contribution in [0.25, 0.3) is 0 Å². The van der Waals surface area contributed by atoms with E-state index in [4.69, 9.17) is 4.74 Å². The molecule has 0 atom stereocenters. The van der Waals surface area contributed by atoms with Gasteiger partial charge in [-0.25, -0.2) is 0 Å². The summed E-state index contributed by atoms with van der Waals surface area (Å²) in [5.41, 5.74) is 2.62. The number of nitrogens with zero attached hydrogens (tertiary/aromatic N) is 3. The van der Waals surface area contributed by atoms with Crippen molar-refractivity contribution in [3.05, 3.63) is 29.8 Å². The van der Waals surface area contributed by atoms with Crippen molar-refractivity contribution in [2.75, 3.05) is 71.0 Å². The fraction of sp³-hybridized carbons (Fsp3) is 0.632. The Morgan fingerprint density at radius 2 is 1.92 bits per heavy atom. The van der Waals surface area contributed by atoms with Crippen molar-refractivity contribution in [3.8, 4) is 0 Å². The number of rotatable bonds is 8. The number of guanidine groups is 1. The molecule has 140 valence electrons. The summed E-state index contributed by atoms with van der Waals surface area (Å²) in [7, 11) is 1.82. The molecule has 0 radical (unpaired) electrons. The number of likely N-dealkylation sites (N-methyl/N-ethyl adjacent to an activating group) is 1. The maximum Gasteiger partial charge on any atom is 0.191 e. The van der Waals surface area contributed by atoms with Gasteiger partial charge in [0.05, 0.1) is 13.2 Å². The van der Waals surface area contributed by atoms with E-state index < -0.39 is 0 Å². The van der Waals surface area contributed by atoms with Crippen molar-refractivity contribution in [1.29, 1.82) is 0 Å². The lowest BCUT2D eigenvalue weighted by atomic mass is 10.2. The molecule has 25 heavy (non-hydrogen) atoms. The minimum Gasteiger partial charge on any atom is -0.379 e. The SMILES string of the molecule is CCN(CCNC(=NC)NCCN1CCOCC1)c1ccccc1C. The van der Waals surface area contributed by atoms with Gasteiger partial charge in [-0.05, 0) is 25.5 Å². The first kappa shape index (κ1) is 19.5. The van der Waals surface area contributed by atoms with Gasteiger partial charge in [-0.2, -0.15) is 0 Å². The molecule has 1 aliphatic heterocycles. The summed E-state index contributed by atoms with van der Waals surface area (Å²) < 4.78 is 5.38. The average Bonchev–Trinajstić information content (AvgIpc) is 2.65. The van der Waals surface area contributed by atoms with Gasteiger partial charge in [-0.15, -0.1) is 0 Å².